The van der Waals surface area contributed by atoms with Crippen molar-refractivity contribution in [3.05, 3.63) is 55.4 Å². The first-order chi connectivity index (χ1) is 11.7. The van der Waals surface area contributed by atoms with Crippen LogP contribution in [-0.4, -0.2) is 20.7 Å². The molecule has 3 aromatic rings. The van der Waals surface area contributed by atoms with Crippen LogP contribution in [0.25, 0.3) is 0 Å². The average Bonchev–Trinajstić information content (AvgIpc) is 3.22. The summed E-state index contributed by atoms with van der Waals surface area (Å²) in [7, 11) is 3.90. The Bertz CT molecular complexity index is 765. The highest BCUT2D eigenvalue weighted by Crippen LogP contribution is 2.18. The standard InChI is InChI=1S/C17H21N7/c1-22-12-13-23(2)17(22)21-20-16-6-4-15(5-7-16)19-8-3-10-24-11-9-18-14-24/h4-7,9,11-14H,3,8,10H2,1-2H3/p+1. The van der Waals surface area contributed by atoms with E-state index in [1.165, 1.54) is 0 Å². The number of imidazole rings is 2. The molecule has 0 fully saturated rings. The Morgan fingerprint density at radius 2 is 2.00 bits per heavy atom. The lowest BCUT2D eigenvalue weighted by Gasteiger charge is -2.06. The highest BCUT2D eigenvalue weighted by Gasteiger charge is 2.10. The van der Waals surface area contributed by atoms with E-state index in [2.05, 4.69) is 25.1 Å². The smallest absolute Gasteiger partial charge is 0.385 e. The molecule has 0 aliphatic heterocycles. The molecule has 0 radical (unpaired) electrons. The summed E-state index contributed by atoms with van der Waals surface area (Å²) in [4.78, 5) is 4.04. The molecule has 3 rings (SSSR count). The zero-order valence-electron chi connectivity index (χ0n) is 14.0. The van der Waals surface area contributed by atoms with E-state index in [1.54, 1.807) is 6.20 Å². The molecule has 7 heteroatoms. The summed E-state index contributed by atoms with van der Waals surface area (Å²) < 4.78 is 5.94. The lowest BCUT2D eigenvalue weighted by atomic mass is 10.3. The highest BCUT2D eigenvalue weighted by molar-refractivity contribution is 5.50. The van der Waals surface area contributed by atoms with E-state index < -0.39 is 0 Å². The zero-order chi connectivity index (χ0) is 16.8. The number of hydrogen-bond acceptors (Lipinski definition) is 4. The van der Waals surface area contributed by atoms with Crippen molar-refractivity contribution in [3.63, 3.8) is 0 Å². The molecule has 0 aliphatic rings. The topological polar surface area (TPSA) is 63.4 Å². The lowest BCUT2D eigenvalue weighted by Crippen LogP contribution is -2.25. The molecule has 0 bridgehead atoms. The summed E-state index contributed by atoms with van der Waals surface area (Å²) >= 11 is 0. The minimum Gasteiger partial charge on any atom is -0.385 e. The van der Waals surface area contributed by atoms with Gasteiger partial charge in [0.1, 0.15) is 5.69 Å². The van der Waals surface area contributed by atoms with Crippen LogP contribution in [0.1, 0.15) is 6.42 Å². The molecular formula is C17H22N7+. The highest BCUT2D eigenvalue weighted by atomic mass is 15.3. The number of nitrogens with one attached hydrogen (secondary N) is 1. The van der Waals surface area contributed by atoms with E-state index in [-0.39, 0.29) is 0 Å². The molecule has 0 unspecified atom stereocenters. The number of azo groups is 1. The Labute approximate surface area is 141 Å². The Balaban J connectivity index is 1.50. The predicted octanol–water partition coefficient (Wildman–Crippen LogP) is 2.96. The van der Waals surface area contributed by atoms with Gasteiger partial charge in [-0.1, -0.05) is 5.11 Å². The zero-order valence-corrected chi connectivity index (χ0v) is 14.0. The number of aromatic nitrogens is 4. The number of aryl methyl sites for hydroxylation is 3. The molecule has 124 valence electrons. The van der Waals surface area contributed by atoms with Crippen LogP contribution >= 0.6 is 0 Å². The molecule has 0 saturated heterocycles. The van der Waals surface area contributed by atoms with E-state index >= 15 is 0 Å². The molecular weight excluding hydrogens is 302 g/mol. The summed E-state index contributed by atoms with van der Waals surface area (Å²) in [6, 6.07) is 7.97. The van der Waals surface area contributed by atoms with Crippen LogP contribution in [0.3, 0.4) is 0 Å². The lowest BCUT2D eigenvalue weighted by molar-refractivity contribution is -0.657. The Morgan fingerprint density at radius 1 is 1.17 bits per heavy atom. The van der Waals surface area contributed by atoms with Crippen molar-refractivity contribution in [3.8, 4) is 0 Å². The van der Waals surface area contributed by atoms with Crippen molar-refractivity contribution in [1.29, 1.82) is 0 Å². The quantitative estimate of drug-likeness (QED) is 0.412. The van der Waals surface area contributed by atoms with Gasteiger partial charge in [0.2, 0.25) is 0 Å². The predicted molar refractivity (Wildman–Crippen MR) is 92.5 cm³/mol. The third-order valence-electron chi connectivity index (χ3n) is 3.75. The number of nitrogens with zero attached hydrogens (tertiary/aromatic N) is 6. The van der Waals surface area contributed by atoms with Crippen LogP contribution < -0.4 is 9.88 Å². The second kappa shape index (κ2) is 7.54. The third kappa shape index (κ3) is 4.07. The summed E-state index contributed by atoms with van der Waals surface area (Å²) in [5, 5.41) is 12.0. The van der Waals surface area contributed by atoms with Crippen LogP contribution in [0.5, 0.6) is 0 Å². The first kappa shape index (κ1) is 15.9. The molecule has 0 saturated carbocycles. The van der Waals surface area contributed by atoms with Gasteiger partial charge in [-0.05, 0) is 30.7 Å². The van der Waals surface area contributed by atoms with Crippen LogP contribution in [0.15, 0.2) is 65.6 Å². The molecule has 1 N–H and O–H groups in total. The largest absolute Gasteiger partial charge is 0.421 e. The van der Waals surface area contributed by atoms with Gasteiger partial charge in [0.05, 0.1) is 32.8 Å². The summed E-state index contributed by atoms with van der Waals surface area (Å²) in [6.45, 7) is 1.88. The minimum absolute atomic E-state index is 0.803. The summed E-state index contributed by atoms with van der Waals surface area (Å²) in [5.74, 6) is 0.803. The maximum absolute atomic E-state index is 4.29. The number of benzene rings is 1. The van der Waals surface area contributed by atoms with Gasteiger partial charge in [-0.25, -0.2) is 14.1 Å². The fourth-order valence-electron chi connectivity index (χ4n) is 2.38. The maximum atomic E-state index is 4.29. The minimum atomic E-state index is 0.803. The summed E-state index contributed by atoms with van der Waals surface area (Å²) in [5.41, 5.74) is 1.92. The van der Waals surface area contributed by atoms with Crippen molar-refractivity contribution in [2.75, 3.05) is 11.9 Å². The van der Waals surface area contributed by atoms with Crippen LogP contribution in [0, 0.1) is 0 Å². The maximum Gasteiger partial charge on any atom is 0.421 e. The van der Waals surface area contributed by atoms with Crippen molar-refractivity contribution in [2.24, 2.45) is 24.3 Å². The van der Waals surface area contributed by atoms with E-state index in [4.69, 9.17) is 0 Å². The van der Waals surface area contributed by atoms with Gasteiger partial charge in [-0.15, -0.1) is 0 Å². The fraction of sp³-hybridized carbons (Fsp3) is 0.294. The Kier molecular flexibility index (Phi) is 5.00. The molecule has 0 spiro atoms. The van der Waals surface area contributed by atoms with Crippen LogP contribution in [-0.2, 0) is 20.6 Å². The van der Waals surface area contributed by atoms with Crippen molar-refractivity contribution in [1.82, 2.24) is 14.1 Å². The molecule has 1 aromatic carbocycles. The van der Waals surface area contributed by atoms with Gasteiger partial charge in [-0.2, -0.15) is 0 Å². The van der Waals surface area contributed by atoms with E-state index in [0.29, 0.717) is 0 Å². The normalized spacial score (nSPS) is 11.2. The molecule has 0 atom stereocenters. The number of anilines is 1. The molecule has 7 nitrogen and oxygen atoms in total. The van der Waals surface area contributed by atoms with Crippen LogP contribution in [0.4, 0.5) is 17.3 Å². The molecule has 2 heterocycles. The fourth-order valence-corrected chi connectivity index (χ4v) is 2.38. The molecule has 0 amide bonds. The van der Waals surface area contributed by atoms with Crippen LogP contribution in [0.2, 0.25) is 0 Å². The summed E-state index contributed by atoms with van der Waals surface area (Å²) in [6.07, 6.45) is 10.6. The molecule has 24 heavy (non-hydrogen) atoms. The third-order valence-corrected chi connectivity index (χ3v) is 3.75. The first-order valence-electron chi connectivity index (χ1n) is 7.95. The van der Waals surface area contributed by atoms with Gasteiger partial charge in [-0.3, -0.25) is 0 Å². The number of hydrogen-bond donors (Lipinski definition) is 1. The van der Waals surface area contributed by atoms with E-state index in [9.17, 15) is 0 Å². The SMILES string of the molecule is Cn1cc[n+](C)c1N=Nc1ccc(NCCCn2ccnc2)cc1. The van der Waals surface area contributed by atoms with Gasteiger partial charge in [0.15, 0.2) is 0 Å². The van der Waals surface area contributed by atoms with Gasteiger partial charge in [0, 0.05) is 36.3 Å². The Morgan fingerprint density at radius 3 is 2.67 bits per heavy atom. The second-order valence-electron chi connectivity index (χ2n) is 5.65. The van der Waals surface area contributed by atoms with Crippen molar-refractivity contribution >= 4 is 17.3 Å². The Hall–Kier alpha value is -2.96. The average molecular weight is 324 g/mol. The molecule has 2 aromatic heterocycles. The van der Waals surface area contributed by atoms with E-state index in [1.807, 2.05) is 72.4 Å². The van der Waals surface area contributed by atoms with Crippen molar-refractivity contribution in [2.45, 2.75) is 13.0 Å². The number of rotatable bonds is 7. The van der Waals surface area contributed by atoms with Gasteiger partial charge >= 0.3 is 5.95 Å². The van der Waals surface area contributed by atoms with Crippen molar-refractivity contribution < 1.29 is 4.57 Å². The van der Waals surface area contributed by atoms with Gasteiger partial charge < -0.3 is 9.88 Å². The van der Waals surface area contributed by atoms with E-state index in [0.717, 1.165) is 36.8 Å². The molecule has 0 aliphatic carbocycles. The van der Waals surface area contributed by atoms with Gasteiger partial charge in [0.25, 0.3) is 0 Å². The first-order valence-corrected chi connectivity index (χ1v) is 7.95. The monoisotopic (exact) mass is 324 g/mol. The second-order valence-corrected chi connectivity index (χ2v) is 5.65.